The standard InChI is InChI=1S/C24H26O8/c1-27-19-9-7-15(13-21(19)29-3)11-17(23(25)31-5)18(24(26)32-6)12-16-8-10-20(28-2)22(14-16)30-4/h7-14H,1-6H3. The zero-order valence-corrected chi connectivity index (χ0v) is 18.9. The first-order chi connectivity index (χ1) is 15.4. The highest BCUT2D eigenvalue weighted by molar-refractivity contribution is 6.12. The fourth-order valence-corrected chi connectivity index (χ4v) is 2.93. The summed E-state index contributed by atoms with van der Waals surface area (Å²) in [6.07, 6.45) is 3.02. The molecule has 0 fully saturated rings. The number of ether oxygens (including phenoxy) is 6. The molecule has 8 heteroatoms. The normalized spacial score (nSPS) is 11.4. The smallest absolute Gasteiger partial charge is 0.338 e. The molecule has 0 saturated heterocycles. The molecule has 0 atom stereocenters. The Kier molecular flexibility index (Phi) is 8.71. The highest BCUT2D eigenvalue weighted by Gasteiger charge is 2.23. The lowest BCUT2D eigenvalue weighted by Gasteiger charge is -2.12. The summed E-state index contributed by atoms with van der Waals surface area (Å²) in [5, 5.41) is 0. The number of carbonyl (C=O) groups excluding carboxylic acids is 2. The lowest BCUT2D eigenvalue weighted by Crippen LogP contribution is -2.15. The van der Waals surface area contributed by atoms with Crippen molar-refractivity contribution >= 4 is 24.1 Å². The molecule has 0 aliphatic heterocycles. The Morgan fingerprint density at radius 2 is 0.906 bits per heavy atom. The molecule has 0 saturated carbocycles. The van der Waals surface area contributed by atoms with E-state index in [1.54, 1.807) is 36.4 Å². The number of esters is 2. The molecule has 0 heterocycles. The van der Waals surface area contributed by atoms with E-state index in [0.717, 1.165) is 0 Å². The molecular weight excluding hydrogens is 416 g/mol. The molecule has 0 radical (unpaired) electrons. The van der Waals surface area contributed by atoms with E-state index in [2.05, 4.69) is 0 Å². The molecule has 2 aromatic rings. The summed E-state index contributed by atoms with van der Waals surface area (Å²) in [7, 11) is 8.52. The van der Waals surface area contributed by atoms with Crippen molar-refractivity contribution in [3.8, 4) is 23.0 Å². The van der Waals surface area contributed by atoms with Crippen molar-refractivity contribution in [1.29, 1.82) is 0 Å². The minimum absolute atomic E-state index is 0.00125. The summed E-state index contributed by atoms with van der Waals surface area (Å²) in [5.74, 6) is 0.563. The van der Waals surface area contributed by atoms with Crippen LogP contribution in [0.25, 0.3) is 12.2 Å². The average Bonchev–Trinajstić information content (AvgIpc) is 2.84. The van der Waals surface area contributed by atoms with Crippen molar-refractivity contribution in [3.05, 3.63) is 58.7 Å². The maximum atomic E-state index is 12.6. The van der Waals surface area contributed by atoms with Gasteiger partial charge in [0.15, 0.2) is 23.0 Å². The Hall–Kier alpha value is -3.94. The van der Waals surface area contributed by atoms with Crippen LogP contribution in [0.5, 0.6) is 23.0 Å². The van der Waals surface area contributed by atoms with Crippen LogP contribution < -0.4 is 18.9 Å². The minimum atomic E-state index is -0.711. The van der Waals surface area contributed by atoms with Gasteiger partial charge in [0, 0.05) is 0 Å². The van der Waals surface area contributed by atoms with E-state index in [0.29, 0.717) is 34.1 Å². The molecule has 0 bridgehead atoms. The van der Waals surface area contributed by atoms with Gasteiger partial charge in [-0.25, -0.2) is 9.59 Å². The molecule has 0 unspecified atom stereocenters. The van der Waals surface area contributed by atoms with Crippen molar-refractivity contribution in [3.63, 3.8) is 0 Å². The molecular formula is C24H26O8. The second-order valence-corrected chi connectivity index (χ2v) is 6.33. The molecule has 0 aliphatic carbocycles. The van der Waals surface area contributed by atoms with Gasteiger partial charge >= 0.3 is 11.9 Å². The Morgan fingerprint density at radius 1 is 0.562 bits per heavy atom. The summed E-state index contributed by atoms with van der Waals surface area (Å²) in [6, 6.07) is 10.2. The highest BCUT2D eigenvalue weighted by Crippen LogP contribution is 2.31. The van der Waals surface area contributed by atoms with Gasteiger partial charge < -0.3 is 28.4 Å². The molecule has 2 rings (SSSR count). The maximum absolute atomic E-state index is 12.6. The van der Waals surface area contributed by atoms with Crippen LogP contribution in [0, 0.1) is 0 Å². The van der Waals surface area contributed by atoms with Gasteiger partial charge in [0.1, 0.15) is 0 Å². The largest absolute Gasteiger partial charge is 0.493 e. The lowest BCUT2D eigenvalue weighted by atomic mass is 9.99. The van der Waals surface area contributed by atoms with Gasteiger partial charge in [-0.1, -0.05) is 12.1 Å². The first kappa shape index (κ1) is 24.3. The van der Waals surface area contributed by atoms with E-state index >= 15 is 0 Å². The molecule has 0 spiro atoms. The van der Waals surface area contributed by atoms with Crippen molar-refractivity contribution in [2.45, 2.75) is 0 Å². The van der Waals surface area contributed by atoms with Crippen LogP contribution in [0.2, 0.25) is 0 Å². The van der Waals surface area contributed by atoms with E-state index in [9.17, 15) is 9.59 Å². The highest BCUT2D eigenvalue weighted by atomic mass is 16.5. The number of benzene rings is 2. The van der Waals surface area contributed by atoms with Gasteiger partial charge in [0.2, 0.25) is 0 Å². The van der Waals surface area contributed by atoms with Crippen LogP contribution in [-0.4, -0.2) is 54.6 Å². The molecule has 170 valence electrons. The molecule has 0 aliphatic rings. The third-order valence-corrected chi connectivity index (χ3v) is 4.54. The zero-order valence-electron chi connectivity index (χ0n) is 18.9. The van der Waals surface area contributed by atoms with Crippen LogP contribution in [0.15, 0.2) is 47.5 Å². The predicted octanol–water partition coefficient (Wildman–Crippen LogP) is 3.53. The van der Waals surface area contributed by atoms with Crippen LogP contribution in [0.3, 0.4) is 0 Å². The number of rotatable bonds is 9. The van der Waals surface area contributed by atoms with Gasteiger partial charge in [-0.3, -0.25) is 0 Å². The third kappa shape index (κ3) is 5.60. The van der Waals surface area contributed by atoms with E-state index in [4.69, 9.17) is 28.4 Å². The Labute approximate surface area is 186 Å². The number of carbonyl (C=O) groups is 2. The number of methoxy groups -OCH3 is 6. The van der Waals surface area contributed by atoms with E-state index < -0.39 is 11.9 Å². The Bertz CT molecular complexity index is 953. The van der Waals surface area contributed by atoms with Gasteiger partial charge in [0.05, 0.1) is 53.8 Å². The van der Waals surface area contributed by atoms with Crippen LogP contribution in [-0.2, 0) is 19.1 Å². The molecule has 0 amide bonds. The topological polar surface area (TPSA) is 89.5 Å². The van der Waals surface area contributed by atoms with Crippen LogP contribution in [0.1, 0.15) is 11.1 Å². The fraction of sp³-hybridized carbons (Fsp3) is 0.250. The fourth-order valence-electron chi connectivity index (χ4n) is 2.93. The van der Waals surface area contributed by atoms with Crippen LogP contribution >= 0.6 is 0 Å². The monoisotopic (exact) mass is 442 g/mol. The average molecular weight is 442 g/mol. The first-order valence-electron chi connectivity index (χ1n) is 9.46. The van der Waals surface area contributed by atoms with Gasteiger partial charge in [-0.05, 0) is 47.5 Å². The SMILES string of the molecule is COC(=O)C(=Cc1ccc(OC)c(OC)c1)C(=Cc1ccc(OC)c(OC)c1)C(=O)OC. The molecule has 0 aromatic heterocycles. The van der Waals surface area contributed by atoms with Crippen molar-refractivity contribution in [2.75, 3.05) is 42.7 Å². The van der Waals surface area contributed by atoms with Gasteiger partial charge in [-0.2, -0.15) is 0 Å². The molecule has 2 aromatic carbocycles. The third-order valence-electron chi connectivity index (χ3n) is 4.54. The summed E-state index contributed by atoms with van der Waals surface area (Å²) < 4.78 is 31.0. The van der Waals surface area contributed by atoms with E-state index in [-0.39, 0.29) is 11.1 Å². The number of hydrogen-bond acceptors (Lipinski definition) is 8. The van der Waals surface area contributed by atoms with Crippen molar-refractivity contribution in [2.24, 2.45) is 0 Å². The van der Waals surface area contributed by atoms with Crippen molar-refractivity contribution in [1.82, 2.24) is 0 Å². The summed E-state index contributed by atoms with van der Waals surface area (Å²) in [4.78, 5) is 25.3. The van der Waals surface area contributed by atoms with Gasteiger partial charge in [0.25, 0.3) is 0 Å². The first-order valence-corrected chi connectivity index (χ1v) is 9.46. The predicted molar refractivity (Wildman–Crippen MR) is 119 cm³/mol. The van der Waals surface area contributed by atoms with Crippen LogP contribution in [0.4, 0.5) is 0 Å². The van der Waals surface area contributed by atoms with E-state index in [1.165, 1.54) is 54.8 Å². The summed E-state index contributed by atoms with van der Waals surface area (Å²) >= 11 is 0. The lowest BCUT2D eigenvalue weighted by molar-refractivity contribution is -0.139. The quantitative estimate of drug-likeness (QED) is 0.331. The van der Waals surface area contributed by atoms with Gasteiger partial charge in [-0.15, -0.1) is 0 Å². The summed E-state index contributed by atoms with van der Waals surface area (Å²) in [6.45, 7) is 0. The van der Waals surface area contributed by atoms with E-state index in [1.807, 2.05) is 0 Å². The second-order valence-electron chi connectivity index (χ2n) is 6.33. The number of hydrogen-bond donors (Lipinski definition) is 0. The zero-order chi connectivity index (χ0) is 23.7. The Morgan fingerprint density at radius 3 is 1.19 bits per heavy atom. The second kappa shape index (κ2) is 11.5. The minimum Gasteiger partial charge on any atom is -0.493 e. The Balaban J connectivity index is 2.67. The summed E-state index contributed by atoms with van der Waals surface area (Å²) in [5.41, 5.74) is 1.18. The maximum Gasteiger partial charge on any atom is 0.338 e. The molecule has 0 N–H and O–H groups in total. The molecule has 32 heavy (non-hydrogen) atoms. The van der Waals surface area contributed by atoms with Crippen molar-refractivity contribution < 1.29 is 38.0 Å². The molecule has 8 nitrogen and oxygen atoms in total.